The molecule has 4 aliphatic rings. The highest BCUT2D eigenvalue weighted by molar-refractivity contribution is 8.13. The molecule has 4 saturated heterocycles. The molecule has 0 saturated carbocycles. The number of rotatable bonds is 11. The van der Waals surface area contributed by atoms with Gasteiger partial charge in [0.05, 0.1) is 36.1 Å². The number of anilines is 1. The lowest BCUT2D eigenvalue weighted by Gasteiger charge is -2.34. The van der Waals surface area contributed by atoms with Crippen LogP contribution in [0.2, 0.25) is 5.15 Å². The third-order valence-electron chi connectivity index (χ3n) is 12.9. The number of ether oxygens (including phenoxy) is 2. The zero-order valence-electron chi connectivity index (χ0n) is 51.2. The minimum atomic E-state index is -3.19. The summed E-state index contributed by atoms with van der Waals surface area (Å²) in [5.74, 6) is 1.31. The minimum Gasteiger partial charge on any atom is -0.444 e. The van der Waals surface area contributed by atoms with Crippen molar-refractivity contribution in [2.45, 2.75) is 104 Å². The Bertz CT molecular complexity index is 3250. The van der Waals surface area contributed by atoms with Crippen molar-refractivity contribution < 1.29 is 61.5 Å². The Morgan fingerprint density at radius 3 is 1.47 bits per heavy atom. The normalized spacial score (nSPS) is 19.3. The molecule has 2 aromatic carbocycles. The largest absolute Gasteiger partial charge is 0.444 e. The molecule has 87 heavy (non-hydrogen) atoms. The lowest BCUT2D eigenvalue weighted by Crippen LogP contribution is -2.45. The van der Waals surface area contributed by atoms with Crippen molar-refractivity contribution in [1.82, 2.24) is 49.2 Å². The smallest absolute Gasteiger partial charge is 0.410 e. The first-order chi connectivity index (χ1) is 39.8. The molecule has 8 rings (SSSR count). The van der Waals surface area contributed by atoms with Crippen LogP contribution < -0.4 is 30.1 Å². The van der Waals surface area contributed by atoms with Crippen molar-refractivity contribution in [3.05, 3.63) is 65.8 Å². The van der Waals surface area contributed by atoms with Crippen molar-refractivity contribution >= 4 is 114 Å². The second-order valence-electron chi connectivity index (χ2n) is 23.5. The molecule has 0 bridgehead atoms. The molecule has 6 heterocycles. The average molecular weight is 1370 g/mol. The lowest BCUT2D eigenvalue weighted by molar-refractivity contribution is 0.0160. The zero-order chi connectivity index (χ0) is 64.7. The molecule has 2 aromatic heterocycles. The first kappa shape index (κ1) is 78.9. The Balaban J connectivity index is 0.000000370. The molecular weight excluding hydrogens is 1280 g/mol. The van der Waals surface area contributed by atoms with E-state index in [1.165, 1.54) is 43.2 Å². The Morgan fingerprint density at radius 1 is 0.621 bits per heavy atom. The molecule has 24 nitrogen and oxygen atoms in total. The highest BCUT2D eigenvalue weighted by Gasteiger charge is 2.29. The van der Waals surface area contributed by atoms with Crippen LogP contribution >= 0.6 is 34.7 Å². The van der Waals surface area contributed by atoms with Crippen LogP contribution in [0.1, 0.15) is 92.9 Å². The standard InChI is InChI=1S/C15H19FN4O2S.C12H24N2O4S.C11H22N2O2.C8H4ClFN2.C7H16N2O2S.CH3ClO2S.ClH/c1-23(21,22)19-8-11-3-2-6-20(9-11)15-13-7-12(16)4-5-14(13)17-10-18-15;1-12(2,3)18-11(15)14-7-5-6-10(9-14)8-13-19(4,16)17;1-11(2,3)15-10(14)13-6-4-5-9(7-12)8-13;9-8-6-3-5(10)1-2-7(6)11-4-12-8;1-12(10,11)9-6-7-3-2-4-8-5-7;1-5(2,3)4;/h4-5,7,10-11,19H,2-3,6,8-9H2,1H3;10,13H,5-9H2,1-4H3;9H,4-8,12H2,1-3H3;1-4H;7-9H,2-6H2,1H3;1H3;1H. The summed E-state index contributed by atoms with van der Waals surface area (Å²) in [5.41, 5.74) is 6.05. The summed E-state index contributed by atoms with van der Waals surface area (Å²) in [6.45, 7) is 19.4. The van der Waals surface area contributed by atoms with Crippen LogP contribution in [-0.2, 0) is 48.6 Å². The van der Waals surface area contributed by atoms with Crippen LogP contribution in [0.25, 0.3) is 21.8 Å². The van der Waals surface area contributed by atoms with Crippen LogP contribution in [0.15, 0.2) is 49.1 Å². The molecule has 4 unspecified atom stereocenters. The molecule has 4 atom stereocenters. The maximum Gasteiger partial charge on any atom is 0.410 e. The van der Waals surface area contributed by atoms with Crippen molar-refractivity contribution in [1.29, 1.82) is 0 Å². The van der Waals surface area contributed by atoms with Gasteiger partial charge in [0.1, 0.15) is 46.5 Å². The number of carbonyl (C=O) groups is 2. The van der Waals surface area contributed by atoms with E-state index >= 15 is 0 Å². The number of sulfonamides is 3. The number of nitrogens with two attached hydrogens (primary N) is 1. The van der Waals surface area contributed by atoms with Crippen LogP contribution in [0.3, 0.4) is 0 Å². The molecule has 4 fully saturated rings. The third-order valence-corrected chi connectivity index (χ3v) is 15.3. The van der Waals surface area contributed by atoms with E-state index in [0.717, 1.165) is 103 Å². The Kier molecular flexibility index (Phi) is 33.2. The minimum absolute atomic E-state index is 0. The summed E-state index contributed by atoms with van der Waals surface area (Å²) in [6, 6.07) is 8.70. The van der Waals surface area contributed by atoms with Gasteiger partial charge in [-0.25, -0.2) is 86.1 Å². The summed E-state index contributed by atoms with van der Waals surface area (Å²) < 4.78 is 129. The van der Waals surface area contributed by atoms with Crippen LogP contribution in [0, 0.1) is 35.3 Å². The van der Waals surface area contributed by atoms with Gasteiger partial charge in [0.15, 0.2) is 0 Å². The number of halogens is 5. The summed E-state index contributed by atoms with van der Waals surface area (Å²) in [7, 11) is -8.06. The van der Waals surface area contributed by atoms with Gasteiger partial charge < -0.3 is 35.2 Å². The van der Waals surface area contributed by atoms with E-state index in [0.29, 0.717) is 85.3 Å². The van der Waals surface area contributed by atoms with Crippen LogP contribution in [0.5, 0.6) is 0 Å². The second-order valence-corrected chi connectivity index (χ2v) is 32.4. The summed E-state index contributed by atoms with van der Waals surface area (Å²) in [5, 5.41) is 4.74. The fraction of sp³-hybridized carbons (Fsp3) is 0.667. The number of amides is 2. The van der Waals surface area contributed by atoms with E-state index in [1.807, 2.05) is 41.5 Å². The maximum absolute atomic E-state index is 13.6. The number of fused-ring (bicyclic) bond motifs is 2. The number of nitrogens with zero attached hydrogens (tertiary/aromatic N) is 7. The molecule has 496 valence electrons. The highest BCUT2D eigenvalue weighted by Crippen LogP contribution is 2.28. The van der Waals surface area contributed by atoms with Crippen molar-refractivity contribution in [3.8, 4) is 0 Å². The SMILES string of the molecule is CC(C)(C)OC(=O)N1CCCC(CN)C1.CC(C)(C)OC(=O)N1CCCC(CNS(C)(=O)=O)C1.CS(=O)(=O)Cl.CS(=O)(=O)NCC1CCCN(c2ncnc3ccc(F)cc23)C1.CS(=O)(=O)NCC1CCCNC1.Cl.Fc1ccc2ncnc(Cl)c2c1. The first-order valence-electron chi connectivity index (χ1n) is 28.1. The molecular formula is C54H89Cl3F2N12O12S4. The predicted octanol–water partition coefficient (Wildman–Crippen LogP) is 6.87. The quantitative estimate of drug-likeness (QED) is 0.0755. The van der Waals surface area contributed by atoms with Gasteiger partial charge in [-0.15, -0.1) is 12.4 Å². The number of hydrogen-bond donors (Lipinski definition) is 5. The van der Waals surface area contributed by atoms with Gasteiger partial charge in [-0.05, 0) is 173 Å². The maximum atomic E-state index is 13.6. The summed E-state index contributed by atoms with van der Waals surface area (Å²) in [4.78, 5) is 45.3. The third kappa shape index (κ3) is 35.1. The number of benzene rings is 2. The average Bonchev–Trinajstić information content (AvgIpc) is 1.41. The molecule has 2 amide bonds. The van der Waals surface area contributed by atoms with Crippen molar-refractivity contribution in [2.24, 2.45) is 29.4 Å². The molecule has 0 spiro atoms. The van der Waals surface area contributed by atoms with E-state index in [-0.39, 0.29) is 53.2 Å². The zero-order valence-corrected chi connectivity index (χ0v) is 56.8. The first-order valence-corrected chi connectivity index (χ1v) is 36.8. The fourth-order valence-electron chi connectivity index (χ4n) is 9.07. The summed E-state index contributed by atoms with van der Waals surface area (Å²) in [6.07, 6.45) is 14.8. The van der Waals surface area contributed by atoms with Gasteiger partial charge in [0, 0.05) is 80.4 Å². The molecule has 6 N–H and O–H groups in total. The van der Waals surface area contributed by atoms with Gasteiger partial charge in [0.2, 0.25) is 39.1 Å². The number of carbonyl (C=O) groups excluding carboxylic acids is 2. The Labute approximate surface area is 528 Å². The number of aromatic nitrogens is 4. The van der Waals surface area contributed by atoms with E-state index < -0.39 is 50.3 Å². The van der Waals surface area contributed by atoms with Gasteiger partial charge in [0.25, 0.3) is 0 Å². The topological polar surface area (TPSA) is 325 Å². The molecule has 4 aliphatic heterocycles. The summed E-state index contributed by atoms with van der Waals surface area (Å²) >= 11 is 5.71. The van der Waals surface area contributed by atoms with Crippen molar-refractivity contribution in [2.75, 3.05) is 108 Å². The fourth-order valence-corrected chi connectivity index (χ4v) is 10.9. The van der Waals surface area contributed by atoms with E-state index in [1.54, 1.807) is 21.9 Å². The number of hydrogen-bond acceptors (Lipinski definition) is 19. The molecule has 0 aliphatic carbocycles. The Hall–Kier alpha value is -4.21. The molecule has 0 radical (unpaired) electrons. The Morgan fingerprint density at radius 2 is 1.02 bits per heavy atom. The number of nitrogens with one attached hydrogen (secondary N) is 4. The van der Waals surface area contributed by atoms with Gasteiger partial charge in [-0.1, -0.05) is 11.6 Å². The van der Waals surface area contributed by atoms with Crippen molar-refractivity contribution in [3.63, 3.8) is 0 Å². The second kappa shape index (κ2) is 36.6. The predicted molar refractivity (Wildman–Crippen MR) is 341 cm³/mol. The van der Waals surface area contributed by atoms with E-state index in [2.05, 4.69) is 55.0 Å². The monoisotopic (exact) mass is 1370 g/mol. The molecule has 33 heteroatoms. The highest BCUT2D eigenvalue weighted by atomic mass is 35.7. The van der Waals surface area contributed by atoms with Crippen LogP contribution in [-0.4, -0.2) is 190 Å². The van der Waals surface area contributed by atoms with Crippen LogP contribution in [0.4, 0.5) is 24.2 Å². The number of likely N-dealkylation sites (tertiary alicyclic amines) is 2. The van der Waals surface area contributed by atoms with Gasteiger partial charge in [-0.3, -0.25) is 0 Å². The molecule has 4 aromatic rings. The van der Waals surface area contributed by atoms with E-state index in [4.69, 9.17) is 26.8 Å². The van der Waals surface area contributed by atoms with E-state index in [9.17, 15) is 52.0 Å². The van der Waals surface area contributed by atoms with Gasteiger partial charge in [-0.2, -0.15) is 0 Å². The number of piperidine rings is 4. The lowest BCUT2D eigenvalue weighted by atomic mass is 9.98. The van der Waals surface area contributed by atoms with Gasteiger partial charge >= 0.3 is 12.2 Å².